The Bertz CT molecular complexity index is 411. The van der Waals surface area contributed by atoms with Gasteiger partial charge in [-0.15, -0.1) is 0 Å². The van der Waals surface area contributed by atoms with E-state index in [1.807, 2.05) is 6.07 Å². The molecule has 112 valence electrons. The fourth-order valence-electron chi connectivity index (χ4n) is 2.01. The number of nitriles is 1. The molecular weight excluding hydrogens is 262 g/mol. The van der Waals surface area contributed by atoms with Gasteiger partial charge in [0.25, 0.3) is 0 Å². The zero-order chi connectivity index (χ0) is 15.3. The third kappa shape index (κ3) is 5.05. The maximum atomic E-state index is 12.0. The summed E-state index contributed by atoms with van der Waals surface area (Å²) in [6, 6.07) is 1.81. The van der Waals surface area contributed by atoms with E-state index >= 15 is 0 Å². The van der Waals surface area contributed by atoms with Gasteiger partial charge in [0.1, 0.15) is 12.1 Å². The van der Waals surface area contributed by atoms with E-state index in [4.69, 9.17) is 10.00 Å². The Morgan fingerprint density at radius 3 is 2.65 bits per heavy atom. The van der Waals surface area contributed by atoms with E-state index in [9.17, 15) is 14.7 Å². The number of aliphatic hydroxyl groups is 1. The topological polar surface area (TPSA) is 103 Å². The van der Waals surface area contributed by atoms with E-state index in [0.717, 1.165) is 0 Å². The van der Waals surface area contributed by atoms with Crippen LogP contribution in [0.4, 0.5) is 4.79 Å². The summed E-state index contributed by atoms with van der Waals surface area (Å²) in [7, 11) is 0. The lowest BCUT2D eigenvalue weighted by Gasteiger charge is -2.35. The number of carbonyl (C=O) groups excluding carboxylic acids is 2. The van der Waals surface area contributed by atoms with Crippen molar-refractivity contribution in [3.8, 4) is 6.07 Å². The minimum Gasteiger partial charge on any atom is -0.444 e. The van der Waals surface area contributed by atoms with Crippen LogP contribution in [-0.2, 0) is 9.53 Å². The number of rotatable bonds is 2. The minimum absolute atomic E-state index is 0.0855. The molecule has 20 heavy (non-hydrogen) atoms. The van der Waals surface area contributed by atoms with E-state index in [2.05, 4.69) is 5.32 Å². The standard InChI is InChI=1S/C13H21N3O4/c1-13(2,3)20-12(19)16-7-9(6-10(17)8-16)11(18)15-5-4-14/h9-10,17H,5-8H2,1-3H3,(H,15,18). The first-order valence-corrected chi connectivity index (χ1v) is 6.53. The first-order chi connectivity index (χ1) is 9.23. The summed E-state index contributed by atoms with van der Waals surface area (Å²) in [6.45, 7) is 5.51. The molecule has 1 saturated heterocycles. The molecule has 0 aromatic rings. The van der Waals surface area contributed by atoms with Crippen molar-refractivity contribution in [2.24, 2.45) is 5.92 Å². The number of hydrogen-bond donors (Lipinski definition) is 2. The highest BCUT2D eigenvalue weighted by molar-refractivity contribution is 5.80. The Balaban J connectivity index is 2.64. The Kier molecular flexibility index (Phi) is 5.34. The molecule has 0 saturated carbocycles. The van der Waals surface area contributed by atoms with Gasteiger partial charge in [-0.25, -0.2) is 4.79 Å². The second kappa shape index (κ2) is 6.57. The molecule has 7 heteroatoms. The number of likely N-dealkylation sites (tertiary alicyclic amines) is 1. The number of aliphatic hydroxyl groups excluding tert-OH is 1. The summed E-state index contributed by atoms with van der Waals surface area (Å²) in [5.74, 6) is -0.863. The molecule has 0 aromatic heterocycles. The third-order valence-corrected chi connectivity index (χ3v) is 2.79. The van der Waals surface area contributed by atoms with Crippen LogP contribution >= 0.6 is 0 Å². The lowest BCUT2D eigenvalue weighted by Crippen LogP contribution is -2.51. The molecule has 2 amide bonds. The van der Waals surface area contributed by atoms with Gasteiger partial charge in [0.2, 0.25) is 5.91 Å². The van der Waals surface area contributed by atoms with Gasteiger partial charge in [-0.05, 0) is 27.2 Å². The van der Waals surface area contributed by atoms with Crippen LogP contribution in [-0.4, -0.2) is 53.3 Å². The minimum atomic E-state index is -0.769. The summed E-state index contributed by atoms with van der Waals surface area (Å²) in [6.07, 6.45) is -1.04. The van der Waals surface area contributed by atoms with Crippen LogP contribution in [0.25, 0.3) is 0 Å². The Labute approximate surface area is 118 Å². The third-order valence-electron chi connectivity index (χ3n) is 2.79. The summed E-state index contributed by atoms with van der Waals surface area (Å²) in [5, 5.41) is 20.7. The van der Waals surface area contributed by atoms with Gasteiger partial charge < -0.3 is 20.1 Å². The van der Waals surface area contributed by atoms with Crippen molar-refractivity contribution in [3.05, 3.63) is 0 Å². The molecule has 2 atom stereocenters. The molecule has 0 aromatic carbocycles. The molecule has 1 aliphatic rings. The first kappa shape index (κ1) is 16.2. The monoisotopic (exact) mass is 283 g/mol. The summed E-state index contributed by atoms with van der Waals surface area (Å²) in [4.78, 5) is 25.1. The predicted molar refractivity (Wildman–Crippen MR) is 70.5 cm³/mol. The van der Waals surface area contributed by atoms with Crippen LogP contribution in [0.1, 0.15) is 27.2 Å². The van der Waals surface area contributed by atoms with Gasteiger partial charge in [0, 0.05) is 13.1 Å². The number of nitrogens with zero attached hydrogens (tertiary/aromatic N) is 2. The van der Waals surface area contributed by atoms with Crippen molar-refractivity contribution in [1.82, 2.24) is 10.2 Å². The van der Waals surface area contributed by atoms with Gasteiger partial charge >= 0.3 is 6.09 Å². The van der Waals surface area contributed by atoms with Crippen molar-refractivity contribution in [2.75, 3.05) is 19.6 Å². The quantitative estimate of drug-likeness (QED) is 0.707. The van der Waals surface area contributed by atoms with Gasteiger partial charge in [0.15, 0.2) is 0 Å². The zero-order valence-electron chi connectivity index (χ0n) is 12.0. The summed E-state index contributed by atoms with van der Waals surface area (Å²) in [5.41, 5.74) is -0.627. The highest BCUT2D eigenvalue weighted by Crippen LogP contribution is 2.20. The molecule has 1 heterocycles. The fraction of sp³-hybridized carbons (Fsp3) is 0.769. The Morgan fingerprint density at radius 2 is 2.10 bits per heavy atom. The number of ether oxygens (including phenoxy) is 1. The maximum Gasteiger partial charge on any atom is 0.410 e. The van der Waals surface area contributed by atoms with Gasteiger partial charge in [-0.1, -0.05) is 0 Å². The van der Waals surface area contributed by atoms with Crippen molar-refractivity contribution in [1.29, 1.82) is 5.26 Å². The zero-order valence-corrected chi connectivity index (χ0v) is 12.0. The predicted octanol–water partition coefficient (Wildman–Crippen LogP) is 0.244. The van der Waals surface area contributed by atoms with Crippen molar-refractivity contribution in [2.45, 2.75) is 38.9 Å². The van der Waals surface area contributed by atoms with Crippen molar-refractivity contribution >= 4 is 12.0 Å². The van der Waals surface area contributed by atoms with Gasteiger partial charge in [-0.2, -0.15) is 5.26 Å². The van der Waals surface area contributed by atoms with Crippen molar-refractivity contribution < 1.29 is 19.4 Å². The number of β-amino-alcohol motifs (C(OH)–C–C–N with tert-alkyl or cyclic N) is 1. The number of carbonyl (C=O) groups is 2. The first-order valence-electron chi connectivity index (χ1n) is 6.53. The molecule has 0 radical (unpaired) electrons. The molecule has 0 bridgehead atoms. The normalized spacial score (nSPS) is 22.9. The Hall–Kier alpha value is -1.81. The van der Waals surface area contributed by atoms with E-state index in [0.29, 0.717) is 0 Å². The highest BCUT2D eigenvalue weighted by Gasteiger charge is 2.34. The Morgan fingerprint density at radius 1 is 1.45 bits per heavy atom. The molecule has 1 rings (SSSR count). The molecule has 7 nitrogen and oxygen atoms in total. The lowest BCUT2D eigenvalue weighted by molar-refractivity contribution is -0.128. The van der Waals surface area contributed by atoms with Crippen LogP contribution < -0.4 is 5.32 Å². The van der Waals surface area contributed by atoms with Gasteiger partial charge in [-0.3, -0.25) is 4.79 Å². The SMILES string of the molecule is CC(C)(C)OC(=O)N1CC(O)CC(C(=O)NCC#N)C1. The largest absolute Gasteiger partial charge is 0.444 e. The van der Waals surface area contributed by atoms with Crippen LogP contribution in [0.5, 0.6) is 0 Å². The van der Waals surface area contributed by atoms with E-state index < -0.39 is 23.7 Å². The molecule has 2 unspecified atom stereocenters. The average Bonchev–Trinajstić information content (AvgIpc) is 2.33. The fourth-order valence-corrected chi connectivity index (χ4v) is 2.01. The van der Waals surface area contributed by atoms with Crippen LogP contribution in [0, 0.1) is 17.2 Å². The maximum absolute atomic E-state index is 12.0. The second-order valence-corrected chi connectivity index (χ2v) is 5.85. The summed E-state index contributed by atoms with van der Waals surface area (Å²) >= 11 is 0. The number of nitrogens with one attached hydrogen (secondary N) is 1. The number of hydrogen-bond acceptors (Lipinski definition) is 5. The van der Waals surface area contributed by atoms with E-state index in [1.54, 1.807) is 20.8 Å². The smallest absolute Gasteiger partial charge is 0.410 e. The molecule has 2 N–H and O–H groups in total. The van der Waals surface area contributed by atoms with E-state index in [1.165, 1.54) is 4.90 Å². The molecular formula is C13H21N3O4. The number of piperidine rings is 1. The van der Waals surface area contributed by atoms with Crippen LogP contribution in [0.3, 0.4) is 0 Å². The van der Waals surface area contributed by atoms with Crippen molar-refractivity contribution in [3.63, 3.8) is 0 Å². The van der Waals surface area contributed by atoms with Crippen LogP contribution in [0.15, 0.2) is 0 Å². The highest BCUT2D eigenvalue weighted by atomic mass is 16.6. The van der Waals surface area contributed by atoms with Gasteiger partial charge in [0.05, 0.1) is 18.1 Å². The average molecular weight is 283 g/mol. The molecule has 1 fully saturated rings. The molecule has 0 aliphatic carbocycles. The second-order valence-electron chi connectivity index (χ2n) is 5.85. The van der Waals surface area contributed by atoms with Crippen LogP contribution in [0.2, 0.25) is 0 Å². The molecule has 0 spiro atoms. The lowest BCUT2D eigenvalue weighted by atomic mass is 9.95. The number of amides is 2. The molecule has 1 aliphatic heterocycles. The summed E-state index contributed by atoms with van der Waals surface area (Å²) < 4.78 is 5.23. The van der Waals surface area contributed by atoms with E-state index in [-0.39, 0.29) is 32.0 Å².